The third kappa shape index (κ3) is 3.51. The lowest BCUT2D eigenvalue weighted by Crippen LogP contribution is -2.44. The lowest BCUT2D eigenvalue weighted by molar-refractivity contribution is -0.135. The zero-order chi connectivity index (χ0) is 19.4. The first-order valence-corrected chi connectivity index (χ1v) is 8.58. The Morgan fingerprint density at radius 2 is 2.00 bits per heavy atom. The fourth-order valence-corrected chi connectivity index (χ4v) is 3.08. The van der Waals surface area contributed by atoms with Gasteiger partial charge in [-0.25, -0.2) is 4.79 Å². The van der Waals surface area contributed by atoms with E-state index in [1.165, 1.54) is 6.26 Å². The molecule has 1 aromatic carbocycles. The topological polar surface area (TPSA) is 101 Å². The Hall–Kier alpha value is -3.29. The van der Waals surface area contributed by atoms with E-state index in [2.05, 4.69) is 10.6 Å². The van der Waals surface area contributed by atoms with Crippen molar-refractivity contribution in [3.05, 3.63) is 54.0 Å². The average molecular weight is 371 g/mol. The fraction of sp³-hybridized carbons (Fsp3) is 0.316. The Kier molecular flexibility index (Phi) is 5.16. The molecule has 1 aromatic heterocycles. The van der Waals surface area contributed by atoms with E-state index in [9.17, 15) is 14.4 Å². The first-order chi connectivity index (χ1) is 13.0. The predicted octanol–water partition coefficient (Wildman–Crippen LogP) is 1.76. The molecule has 0 unspecified atom stereocenters. The maximum Gasteiger partial charge on any atom is 0.325 e. The van der Waals surface area contributed by atoms with Gasteiger partial charge in [-0.05, 0) is 36.2 Å². The molecular formula is C19H21N3O5. The number of ether oxygens (including phenoxy) is 1. The molecule has 1 aliphatic heterocycles. The van der Waals surface area contributed by atoms with E-state index in [4.69, 9.17) is 9.15 Å². The summed E-state index contributed by atoms with van der Waals surface area (Å²) >= 11 is 0. The number of hydrogen-bond acceptors (Lipinski definition) is 5. The van der Waals surface area contributed by atoms with Gasteiger partial charge in [0.25, 0.3) is 5.91 Å². The van der Waals surface area contributed by atoms with Gasteiger partial charge < -0.3 is 19.8 Å². The van der Waals surface area contributed by atoms with Crippen LogP contribution < -0.4 is 15.4 Å². The maximum absolute atomic E-state index is 13.0. The summed E-state index contributed by atoms with van der Waals surface area (Å²) in [6.07, 6.45) is 1.86. The number of furan rings is 1. The molecule has 1 aliphatic rings. The van der Waals surface area contributed by atoms with E-state index in [0.29, 0.717) is 23.5 Å². The van der Waals surface area contributed by atoms with Crippen LogP contribution >= 0.6 is 0 Å². The highest BCUT2D eigenvalue weighted by Crippen LogP contribution is 2.33. The van der Waals surface area contributed by atoms with Crippen molar-refractivity contribution in [3.8, 4) is 5.75 Å². The SMILES string of the molecule is CC[C@@]1(c2ccc(OC)cc2)NC(=O)N(CC(=O)NCc2ccco2)C1=O. The Balaban J connectivity index is 1.73. The van der Waals surface area contributed by atoms with Crippen LogP contribution in [0.25, 0.3) is 0 Å². The summed E-state index contributed by atoms with van der Waals surface area (Å²) in [5.41, 5.74) is -0.548. The molecule has 8 nitrogen and oxygen atoms in total. The number of carbonyl (C=O) groups excluding carboxylic acids is 3. The second-order valence-electron chi connectivity index (χ2n) is 6.16. The molecule has 4 amide bonds. The molecule has 1 saturated heterocycles. The van der Waals surface area contributed by atoms with Crippen LogP contribution in [0.5, 0.6) is 5.75 Å². The van der Waals surface area contributed by atoms with Crippen molar-refractivity contribution in [1.82, 2.24) is 15.5 Å². The summed E-state index contributed by atoms with van der Waals surface area (Å²) < 4.78 is 10.3. The molecule has 2 aromatic rings. The Labute approximate surface area is 156 Å². The molecule has 0 radical (unpaired) electrons. The van der Waals surface area contributed by atoms with Crippen molar-refractivity contribution in [1.29, 1.82) is 0 Å². The Morgan fingerprint density at radius 3 is 2.59 bits per heavy atom. The van der Waals surface area contributed by atoms with Crippen LogP contribution in [0.15, 0.2) is 47.1 Å². The molecule has 0 spiro atoms. The second-order valence-corrected chi connectivity index (χ2v) is 6.16. The molecule has 1 atom stereocenters. The van der Waals surface area contributed by atoms with Gasteiger partial charge in [-0.1, -0.05) is 19.1 Å². The summed E-state index contributed by atoms with van der Waals surface area (Å²) in [5.74, 6) is 0.336. The predicted molar refractivity (Wildman–Crippen MR) is 95.8 cm³/mol. The summed E-state index contributed by atoms with van der Waals surface area (Å²) in [5, 5.41) is 5.37. The van der Waals surface area contributed by atoms with Gasteiger partial charge in [0.1, 0.15) is 23.6 Å². The molecule has 2 heterocycles. The minimum absolute atomic E-state index is 0.187. The van der Waals surface area contributed by atoms with Gasteiger partial charge in [0.15, 0.2) is 0 Å². The highest BCUT2D eigenvalue weighted by molar-refractivity contribution is 6.09. The highest BCUT2D eigenvalue weighted by atomic mass is 16.5. The van der Waals surface area contributed by atoms with Crippen molar-refractivity contribution in [3.63, 3.8) is 0 Å². The van der Waals surface area contributed by atoms with Gasteiger partial charge in [-0.2, -0.15) is 0 Å². The first-order valence-electron chi connectivity index (χ1n) is 8.58. The summed E-state index contributed by atoms with van der Waals surface area (Å²) in [6.45, 7) is 1.64. The van der Waals surface area contributed by atoms with Gasteiger partial charge in [0, 0.05) is 0 Å². The number of carbonyl (C=O) groups is 3. The quantitative estimate of drug-likeness (QED) is 0.723. The van der Waals surface area contributed by atoms with E-state index in [1.807, 2.05) is 6.92 Å². The molecule has 1 fully saturated rings. The van der Waals surface area contributed by atoms with Crippen molar-refractivity contribution in [2.75, 3.05) is 13.7 Å². The summed E-state index contributed by atoms with van der Waals surface area (Å²) in [4.78, 5) is 38.5. The molecule has 0 aliphatic carbocycles. The van der Waals surface area contributed by atoms with Crippen LogP contribution in [0, 0.1) is 0 Å². The largest absolute Gasteiger partial charge is 0.497 e. The third-order valence-corrected chi connectivity index (χ3v) is 4.63. The van der Waals surface area contributed by atoms with Crippen LogP contribution in [0.1, 0.15) is 24.7 Å². The molecule has 2 N–H and O–H groups in total. The summed E-state index contributed by atoms with van der Waals surface area (Å²) in [7, 11) is 1.55. The van der Waals surface area contributed by atoms with Crippen LogP contribution in [0.3, 0.4) is 0 Å². The van der Waals surface area contributed by atoms with Gasteiger partial charge >= 0.3 is 6.03 Å². The van der Waals surface area contributed by atoms with Crippen LogP contribution in [0.4, 0.5) is 4.79 Å². The average Bonchev–Trinajstić information content (AvgIpc) is 3.29. The smallest absolute Gasteiger partial charge is 0.325 e. The number of imide groups is 1. The monoisotopic (exact) mass is 371 g/mol. The Morgan fingerprint density at radius 1 is 1.26 bits per heavy atom. The van der Waals surface area contributed by atoms with E-state index in [1.54, 1.807) is 43.5 Å². The van der Waals surface area contributed by atoms with Crippen molar-refractivity contribution in [2.24, 2.45) is 0 Å². The zero-order valence-corrected chi connectivity index (χ0v) is 15.2. The molecule has 27 heavy (non-hydrogen) atoms. The number of urea groups is 1. The maximum atomic E-state index is 13.0. The van der Waals surface area contributed by atoms with E-state index < -0.39 is 23.4 Å². The number of nitrogens with zero attached hydrogens (tertiary/aromatic N) is 1. The second kappa shape index (κ2) is 7.53. The number of nitrogens with one attached hydrogen (secondary N) is 2. The zero-order valence-electron chi connectivity index (χ0n) is 15.2. The van der Waals surface area contributed by atoms with Crippen LogP contribution in [-0.2, 0) is 21.7 Å². The Bertz CT molecular complexity index is 832. The molecule has 142 valence electrons. The van der Waals surface area contributed by atoms with Gasteiger partial charge in [-0.15, -0.1) is 0 Å². The number of amides is 4. The number of rotatable bonds is 7. The molecule has 3 rings (SSSR count). The fourth-order valence-electron chi connectivity index (χ4n) is 3.08. The van der Waals surface area contributed by atoms with Crippen LogP contribution in [-0.4, -0.2) is 36.4 Å². The standard InChI is InChI=1S/C19H21N3O5/c1-3-19(13-6-8-14(26-2)9-7-13)17(24)22(18(25)21-19)12-16(23)20-11-15-5-4-10-27-15/h4-10H,3,11-12H2,1-2H3,(H,20,23)(H,21,25)/t19-/m0/s1. The third-order valence-electron chi connectivity index (χ3n) is 4.63. The van der Waals surface area contributed by atoms with Crippen molar-refractivity contribution in [2.45, 2.75) is 25.4 Å². The highest BCUT2D eigenvalue weighted by Gasteiger charge is 2.51. The molecule has 0 bridgehead atoms. The minimum atomic E-state index is -1.19. The normalized spacial score (nSPS) is 19.1. The van der Waals surface area contributed by atoms with Crippen LogP contribution in [0.2, 0.25) is 0 Å². The van der Waals surface area contributed by atoms with Gasteiger partial charge in [0.2, 0.25) is 5.91 Å². The van der Waals surface area contributed by atoms with Crippen molar-refractivity contribution < 1.29 is 23.5 Å². The molecule has 8 heteroatoms. The lowest BCUT2D eigenvalue weighted by Gasteiger charge is -2.25. The van der Waals surface area contributed by atoms with Crippen molar-refractivity contribution >= 4 is 17.8 Å². The number of methoxy groups -OCH3 is 1. The summed E-state index contributed by atoms with van der Waals surface area (Å²) in [6, 6.07) is 9.77. The van der Waals surface area contributed by atoms with E-state index in [0.717, 1.165) is 4.90 Å². The first kappa shape index (κ1) is 18.5. The molecule has 0 saturated carbocycles. The van der Waals surface area contributed by atoms with Gasteiger partial charge in [-0.3, -0.25) is 14.5 Å². The molecular weight excluding hydrogens is 350 g/mol. The minimum Gasteiger partial charge on any atom is -0.497 e. The number of benzene rings is 1. The van der Waals surface area contributed by atoms with Gasteiger partial charge in [0.05, 0.1) is 19.9 Å². The lowest BCUT2D eigenvalue weighted by atomic mass is 9.87. The van der Waals surface area contributed by atoms with E-state index in [-0.39, 0.29) is 13.1 Å². The van der Waals surface area contributed by atoms with E-state index >= 15 is 0 Å². The number of hydrogen-bond donors (Lipinski definition) is 2.